The molecule has 0 radical (unpaired) electrons. The quantitative estimate of drug-likeness (QED) is 0.635. The van der Waals surface area contributed by atoms with Crippen LogP contribution in [0.3, 0.4) is 0 Å². The monoisotopic (exact) mass is 357 g/mol. The molecule has 0 heterocycles. The average molecular weight is 358 g/mol. The molecule has 0 aromatic heterocycles. The first-order valence-electron chi connectivity index (χ1n) is 7.62. The molecule has 0 unspecified atom stereocenters. The van der Waals surface area contributed by atoms with Gasteiger partial charge >= 0.3 is 0 Å². The third-order valence-electron chi connectivity index (χ3n) is 3.75. The molecule has 4 heteroatoms. The van der Waals surface area contributed by atoms with E-state index in [0.29, 0.717) is 23.2 Å². The zero-order valence-corrected chi connectivity index (χ0v) is 14.5. The topological polar surface area (TPSA) is 35.2 Å². The normalized spacial score (nSPS) is 10.6. The number of benzene rings is 3. The molecule has 3 rings (SSSR count). The van der Waals surface area contributed by atoms with Gasteiger partial charge in [0.1, 0.15) is 12.4 Å². The van der Waals surface area contributed by atoms with Crippen LogP contribution in [0, 0.1) is 0 Å². The summed E-state index contributed by atoms with van der Waals surface area (Å²) in [6, 6.07) is 21.6. The second-order valence-corrected chi connectivity index (χ2v) is 6.25. The fourth-order valence-electron chi connectivity index (χ4n) is 2.45. The smallest absolute Gasteiger partial charge is 0.127 e. The van der Waals surface area contributed by atoms with Crippen LogP contribution in [0.1, 0.15) is 11.1 Å². The molecular weight excluding hydrogens is 341 g/mol. The maximum absolute atomic E-state index is 6.15. The first kappa shape index (κ1) is 16.8. The molecule has 0 aliphatic carbocycles. The Kier molecular flexibility index (Phi) is 5.41. The van der Waals surface area contributed by atoms with E-state index in [1.54, 1.807) is 6.07 Å². The van der Waals surface area contributed by atoms with Gasteiger partial charge in [-0.15, -0.1) is 0 Å². The van der Waals surface area contributed by atoms with Crippen LogP contribution >= 0.6 is 23.2 Å². The fourth-order valence-corrected chi connectivity index (χ4v) is 2.75. The molecule has 2 nitrogen and oxygen atoms in total. The fraction of sp³-hybridized carbons (Fsp3) is 0.100. The Bertz CT molecular complexity index is 834. The van der Waals surface area contributed by atoms with Gasteiger partial charge in [0.25, 0.3) is 0 Å². The van der Waals surface area contributed by atoms with Crippen molar-refractivity contribution >= 4 is 23.2 Å². The Morgan fingerprint density at radius 2 is 1.58 bits per heavy atom. The van der Waals surface area contributed by atoms with Gasteiger partial charge in [-0.1, -0.05) is 71.7 Å². The zero-order chi connectivity index (χ0) is 16.9. The summed E-state index contributed by atoms with van der Waals surface area (Å²) in [5.74, 6) is 0.778. The van der Waals surface area contributed by atoms with E-state index in [-0.39, 0.29) is 0 Å². The summed E-state index contributed by atoms with van der Waals surface area (Å²) < 4.78 is 6.06. The summed E-state index contributed by atoms with van der Waals surface area (Å²) in [4.78, 5) is 0. The van der Waals surface area contributed by atoms with Crippen molar-refractivity contribution in [3.05, 3.63) is 87.9 Å². The number of halogens is 2. The van der Waals surface area contributed by atoms with Gasteiger partial charge in [-0.25, -0.2) is 0 Å². The van der Waals surface area contributed by atoms with E-state index in [4.69, 9.17) is 33.7 Å². The van der Waals surface area contributed by atoms with Crippen LogP contribution < -0.4 is 10.5 Å². The van der Waals surface area contributed by atoms with Crippen molar-refractivity contribution in [3.8, 4) is 16.9 Å². The first-order chi connectivity index (χ1) is 11.7. The van der Waals surface area contributed by atoms with Gasteiger partial charge in [-0.3, -0.25) is 0 Å². The zero-order valence-electron chi connectivity index (χ0n) is 13.0. The highest BCUT2D eigenvalue weighted by molar-refractivity contribution is 6.42. The lowest BCUT2D eigenvalue weighted by Gasteiger charge is -2.14. The molecule has 0 atom stereocenters. The van der Waals surface area contributed by atoms with E-state index < -0.39 is 0 Å². The average Bonchev–Trinajstić information content (AvgIpc) is 2.63. The highest BCUT2D eigenvalue weighted by Gasteiger charge is 2.10. The van der Waals surface area contributed by atoms with Crippen LogP contribution in [0.25, 0.3) is 11.1 Å². The highest BCUT2D eigenvalue weighted by Crippen LogP contribution is 2.35. The van der Waals surface area contributed by atoms with Crippen molar-refractivity contribution in [1.29, 1.82) is 0 Å². The van der Waals surface area contributed by atoms with Gasteiger partial charge in [0.05, 0.1) is 10.0 Å². The molecule has 0 spiro atoms. The van der Waals surface area contributed by atoms with Gasteiger partial charge in [-0.05, 0) is 34.9 Å². The Morgan fingerprint density at radius 3 is 2.29 bits per heavy atom. The van der Waals surface area contributed by atoms with Gasteiger partial charge in [0.15, 0.2) is 0 Å². The van der Waals surface area contributed by atoms with E-state index in [2.05, 4.69) is 0 Å². The van der Waals surface area contributed by atoms with Crippen molar-refractivity contribution in [2.24, 2.45) is 5.73 Å². The molecule has 0 saturated carbocycles. The number of nitrogens with two attached hydrogens (primary N) is 1. The van der Waals surface area contributed by atoms with Crippen molar-refractivity contribution < 1.29 is 4.74 Å². The molecular formula is C20H17Cl2NO. The molecule has 3 aromatic rings. The molecule has 122 valence electrons. The largest absolute Gasteiger partial charge is 0.488 e. The minimum absolute atomic E-state index is 0.462. The van der Waals surface area contributed by atoms with Crippen molar-refractivity contribution in [2.45, 2.75) is 13.2 Å². The van der Waals surface area contributed by atoms with E-state index in [1.807, 2.05) is 60.7 Å². The van der Waals surface area contributed by atoms with Crippen LogP contribution in [0.5, 0.6) is 5.75 Å². The number of hydrogen-bond acceptors (Lipinski definition) is 2. The molecule has 0 aliphatic rings. The summed E-state index contributed by atoms with van der Waals surface area (Å²) in [6.07, 6.45) is 0. The standard InChI is InChI=1S/C20H17Cl2NO/c21-18-9-7-16(11-19(18)22)17-8-6-15(12-23)10-20(17)24-13-14-4-2-1-3-5-14/h1-11H,12-13,23H2. The Balaban J connectivity index is 1.94. The lowest BCUT2D eigenvalue weighted by Crippen LogP contribution is -2.00. The number of ether oxygens (including phenoxy) is 1. The van der Waals surface area contributed by atoms with Crippen LogP contribution in [0.15, 0.2) is 66.7 Å². The van der Waals surface area contributed by atoms with Crippen LogP contribution in [-0.2, 0) is 13.2 Å². The van der Waals surface area contributed by atoms with E-state index in [0.717, 1.165) is 28.0 Å². The van der Waals surface area contributed by atoms with Gasteiger partial charge in [-0.2, -0.15) is 0 Å². The van der Waals surface area contributed by atoms with Crippen molar-refractivity contribution in [3.63, 3.8) is 0 Å². The summed E-state index contributed by atoms with van der Waals surface area (Å²) in [5, 5.41) is 1.05. The van der Waals surface area contributed by atoms with Gasteiger partial charge < -0.3 is 10.5 Å². The minimum Gasteiger partial charge on any atom is -0.488 e. The minimum atomic E-state index is 0.462. The van der Waals surface area contributed by atoms with Crippen molar-refractivity contribution in [1.82, 2.24) is 0 Å². The second-order valence-electron chi connectivity index (χ2n) is 5.44. The molecule has 0 bridgehead atoms. The molecule has 3 aromatic carbocycles. The Labute approximate surface area is 151 Å². The molecule has 0 saturated heterocycles. The Hall–Kier alpha value is -2.00. The van der Waals surface area contributed by atoms with Crippen LogP contribution in [-0.4, -0.2) is 0 Å². The summed E-state index contributed by atoms with van der Waals surface area (Å²) in [7, 11) is 0. The lowest BCUT2D eigenvalue weighted by atomic mass is 10.0. The van der Waals surface area contributed by atoms with Crippen LogP contribution in [0.2, 0.25) is 10.0 Å². The number of hydrogen-bond donors (Lipinski definition) is 1. The second kappa shape index (κ2) is 7.71. The Morgan fingerprint density at radius 1 is 0.792 bits per heavy atom. The first-order valence-corrected chi connectivity index (χ1v) is 8.38. The third kappa shape index (κ3) is 3.90. The lowest BCUT2D eigenvalue weighted by molar-refractivity contribution is 0.307. The van der Waals surface area contributed by atoms with E-state index in [9.17, 15) is 0 Å². The van der Waals surface area contributed by atoms with E-state index >= 15 is 0 Å². The molecule has 0 fully saturated rings. The van der Waals surface area contributed by atoms with Gasteiger partial charge in [0.2, 0.25) is 0 Å². The number of rotatable bonds is 5. The van der Waals surface area contributed by atoms with Crippen molar-refractivity contribution in [2.75, 3.05) is 0 Å². The molecule has 24 heavy (non-hydrogen) atoms. The molecule has 0 aliphatic heterocycles. The molecule has 2 N–H and O–H groups in total. The molecule has 0 amide bonds. The van der Waals surface area contributed by atoms with Gasteiger partial charge in [0, 0.05) is 12.1 Å². The summed E-state index contributed by atoms with van der Waals surface area (Å²) >= 11 is 12.2. The SMILES string of the molecule is NCc1ccc(-c2ccc(Cl)c(Cl)c2)c(OCc2ccccc2)c1. The summed E-state index contributed by atoms with van der Waals surface area (Å²) in [6.45, 7) is 0.951. The maximum atomic E-state index is 6.15. The third-order valence-corrected chi connectivity index (χ3v) is 4.49. The van der Waals surface area contributed by atoms with E-state index in [1.165, 1.54) is 0 Å². The summed E-state index contributed by atoms with van der Waals surface area (Å²) in [5.41, 5.74) is 9.80. The predicted octanol–water partition coefficient (Wildman–Crippen LogP) is 5.70. The predicted molar refractivity (Wildman–Crippen MR) is 101 cm³/mol. The van der Waals surface area contributed by atoms with Crippen LogP contribution in [0.4, 0.5) is 0 Å². The maximum Gasteiger partial charge on any atom is 0.127 e. The highest BCUT2D eigenvalue weighted by atomic mass is 35.5.